The lowest BCUT2D eigenvalue weighted by Crippen LogP contribution is -1.95. The van der Waals surface area contributed by atoms with E-state index < -0.39 is 0 Å². The van der Waals surface area contributed by atoms with Crippen molar-refractivity contribution in [2.24, 2.45) is 0 Å². The molecule has 2 heteroatoms. The van der Waals surface area contributed by atoms with E-state index in [0.717, 1.165) is 11.1 Å². The SMILES string of the molecule is CC(C)=CCc1c(C)cc(O)c(CC=C(C)C)c1O. The second-order valence-corrected chi connectivity index (χ2v) is 5.49. The maximum absolute atomic E-state index is 10.4. The fourth-order valence-corrected chi connectivity index (χ4v) is 1.94. The Bertz CT molecular complexity index is 470. The Morgan fingerprint density at radius 3 is 1.89 bits per heavy atom. The lowest BCUT2D eigenvalue weighted by Gasteiger charge is -2.13. The third kappa shape index (κ3) is 4.16. The van der Waals surface area contributed by atoms with Crippen molar-refractivity contribution in [3.63, 3.8) is 0 Å². The minimum absolute atomic E-state index is 0.174. The van der Waals surface area contributed by atoms with Gasteiger partial charge in [-0.3, -0.25) is 0 Å². The highest BCUT2D eigenvalue weighted by Crippen LogP contribution is 2.34. The van der Waals surface area contributed by atoms with Gasteiger partial charge in [-0.05, 0) is 59.1 Å². The molecule has 0 aromatic heterocycles. The molecule has 2 N–H and O–H groups in total. The minimum Gasteiger partial charge on any atom is -0.508 e. The van der Waals surface area contributed by atoms with Crippen LogP contribution in [-0.4, -0.2) is 10.2 Å². The highest BCUT2D eigenvalue weighted by atomic mass is 16.3. The highest BCUT2D eigenvalue weighted by molar-refractivity contribution is 5.54. The van der Waals surface area contributed by atoms with Gasteiger partial charge in [0.25, 0.3) is 0 Å². The number of phenolic OH excluding ortho intramolecular Hbond substituents is 2. The molecule has 0 amide bonds. The van der Waals surface area contributed by atoms with E-state index >= 15 is 0 Å². The van der Waals surface area contributed by atoms with Crippen molar-refractivity contribution in [1.82, 2.24) is 0 Å². The van der Waals surface area contributed by atoms with Crippen LogP contribution in [-0.2, 0) is 12.8 Å². The molecule has 0 radical (unpaired) electrons. The molecule has 2 nitrogen and oxygen atoms in total. The van der Waals surface area contributed by atoms with Crippen LogP contribution in [0.25, 0.3) is 0 Å². The maximum atomic E-state index is 10.4. The van der Waals surface area contributed by atoms with Gasteiger partial charge < -0.3 is 10.2 Å². The van der Waals surface area contributed by atoms with Gasteiger partial charge in [0.15, 0.2) is 0 Å². The summed E-state index contributed by atoms with van der Waals surface area (Å²) in [4.78, 5) is 0. The van der Waals surface area contributed by atoms with E-state index in [1.165, 1.54) is 11.1 Å². The number of hydrogen-bond acceptors (Lipinski definition) is 2. The number of allylic oxidation sites excluding steroid dienone is 4. The Morgan fingerprint density at radius 2 is 1.42 bits per heavy atom. The molecule has 0 aliphatic heterocycles. The van der Waals surface area contributed by atoms with Gasteiger partial charge in [-0.25, -0.2) is 0 Å². The van der Waals surface area contributed by atoms with Crippen molar-refractivity contribution in [1.29, 1.82) is 0 Å². The zero-order valence-electron chi connectivity index (χ0n) is 12.5. The van der Waals surface area contributed by atoms with Crippen molar-refractivity contribution in [3.8, 4) is 11.5 Å². The average molecular weight is 260 g/mol. The van der Waals surface area contributed by atoms with Crippen LogP contribution < -0.4 is 0 Å². The van der Waals surface area contributed by atoms with Gasteiger partial charge in [-0.1, -0.05) is 23.3 Å². The van der Waals surface area contributed by atoms with Crippen LogP contribution in [0.5, 0.6) is 11.5 Å². The summed E-state index contributed by atoms with van der Waals surface area (Å²) in [7, 11) is 0. The molecule has 0 bridgehead atoms. The smallest absolute Gasteiger partial charge is 0.126 e. The molecule has 0 atom stereocenters. The Hall–Kier alpha value is -1.70. The van der Waals surface area contributed by atoms with Gasteiger partial charge in [0.2, 0.25) is 0 Å². The normalized spacial score (nSPS) is 10.2. The van der Waals surface area contributed by atoms with Gasteiger partial charge in [0.05, 0.1) is 0 Å². The molecule has 104 valence electrons. The van der Waals surface area contributed by atoms with Crippen molar-refractivity contribution < 1.29 is 10.2 Å². The number of aryl methyl sites for hydroxylation is 1. The van der Waals surface area contributed by atoms with E-state index in [-0.39, 0.29) is 11.5 Å². The standard InChI is InChI=1S/C17H24O2/c1-11(2)6-8-14-13(5)10-16(18)15(17(14)19)9-7-12(3)4/h6-7,10,18-19H,8-9H2,1-5H3. The third-order valence-electron chi connectivity index (χ3n) is 3.14. The first kappa shape index (κ1) is 15.4. The van der Waals surface area contributed by atoms with Crippen molar-refractivity contribution in [3.05, 3.63) is 46.1 Å². The van der Waals surface area contributed by atoms with Crippen LogP contribution in [0.3, 0.4) is 0 Å². The number of benzene rings is 1. The second-order valence-electron chi connectivity index (χ2n) is 5.49. The maximum Gasteiger partial charge on any atom is 0.126 e. The van der Waals surface area contributed by atoms with Crippen LogP contribution in [0.1, 0.15) is 44.4 Å². The Labute approximate surface area is 116 Å². The van der Waals surface area contributed by atoms with E-state index in [0.29, 0.717) is 18.4 Å². The van der Waals surface area contributed by atoms with E-state index in [1.54, 1.807) is 6.07 Å². The largest absolute Gasteiger partial charge is 0.508 e. The number of rotatable bonds is 4. The lowest BCUT2D eigenvalue weighted by atomic mass is 9.96. The quantitative estimate of drug-likeness (QED) is 0.786. The Morgan fingerprint density at radius 1 is 0.947 bits per heavy atom. The molecule has 1 rings (SSSR count). The molecule has 0 fully saturated rings. The first-order valence-electron chi connectivity index (χ1n) is 6.63. The third-order valence-corrected chi connectivity index (χ3v) is 3.14. The zero-order valence-corrected chi connectivity index (χ0v) is 12.5. The molecule has 1 aromatic carbocycles. The Kier molecular flexibility index (Phi) is 5.22. The molecular formula is C17H24O2. The summed E-state index contributed by atoms with van der Waals surface area (Å²) in [6, 6.07) is 1.74. The monoisotopic (exact) mass is 260 g/mol. The van der Waals surface area contributed by atoms with Crippen LogP contribution in [0.4, 0.5) is 0 Å². The summed E-state index contributed by atoms with van der Waals surface area (Å²) < 4.78 is 0. The topological polar surface area (TPSA) is 40.5 Å². The fourth-order valence-electron chi connectivity index (χ4n) is 1.94. The van der Waals surface area contributed by atoms with E-state index in [9.17, 15) is 10.2 Å². The summed E-state index contributed by atoms with van der Waals surface area (Å²) in [5, 5.41) is 20.3. The number of aromatic hydroxyl groups is 2. The summed E-state index contributed by atoms with van der Waals surface area (Å²) >= 11 is 0. The lowest BCUT2D eigenvalue weighted by molar-refractivity contribution is 0.436. The van der Waals surface area contributed by atoms with E-state index in [4.69, 9.17) is 0 Å². The second kappa shape index (κ2) is 6.46. The van der Waals surface area contributed by atoms with Gasteiger partial charge in [-0.2, -0.15) is 0 Å². The predicted octanol–water partition coefficient (Wildman–Crippen LogP) is 4.42. The van der Waals surface area contributed by atoms with Gasteiger partial charge in [0.1, 0.15) is 11.5 Å². The van der Waals surface area contributed by atoms with Crippen molar-refractivity contribution in [2.75, 3.05) is 0 Å². The molecule has 0 aliphatic carbocycles. The van der Waals surface area contributed by atoms with Crippen molar-refractivity contribution in [2.45, 2.75) is 47.5 Å². The van der Waals surface area contributed by atoms with Crippen LogP contribution >= 0.6 is 0 Å². The van der Waals surface area contributed by atoms with Gasteiger partial charge >= 0.3 is 0 Å². The van der Waals surface area contributed by atoms with Gasteiger partial charge in [-0.15, -0.1) is 0 Å². The number of phenols is 2. The molecule has 0 saturated carbocycles. The molecule has 0 heterocycles. The first-order chi connectivity index (χ1) is 8.82. The highest BCUT2D eigenvalue weighted by Gasteiger charge is 2.13. The van der Waals surface area contributed by atoms with Crippen LogP contribution in [0.15, 0.2) is 29.4 Å². The summed E-state index contributed by atoms with van der Waals surface area (Å²) in [6.45, 7) is 10.0. The molecule has 1 aromatic rings. The van der Waals surface area contributed by atoms with E-state index in [1.807, 2.05) is 40.7 Å². The van der Waals surface area contributed by atoms with Crippen LogP contribution in [0, 0.1) is 6.92 Å². The zero-order chi connectivity index (χ0) is 14.6. The molecular weight excluding hydrogens is 236 g/mol. The summed E-state index contributed by atoms with van der Waals surface area (Å²) in [5.74, 6) is 0.404. The molecule has 19 heavy (non-hydrogen) atoms. The molecule has 0 saturated heterocycles. The average Bonchev–Trinajstić information content (AvgIpc) is 2.27. The molecule has 0 unspecified atom stereocenters. The Balaban J connectivity index is 3.22. The summed E-state index contributed by atoms with van der Waals surface area (Å²) in [6.07, 6.45) is 5.35. The van der Waals surface area contributed by atoms with E-state index in [2.05, 4.69) is 6.08 Å². The fraction of sp³-hybridized carbons (Fsp3) is 0.412. The van der Waals surface area contributed by atoms with Gasteiger partial charge in [0, 0.05) is 11.1 Å². The first-order valence-corrected chi connectivity index (χ1v) is 6.63. The predicted molar refractivity (Wildman–Crippen MR) is 80.8 cm³/mol. The summed E-state index contributed by atoms with van der Waals surface area (Å²) in [5.41, 5.74) is 4.83. The minimum atomic E-state index is 0.174. The number of hydrogen-bond donors (Lipinski definition) is 2. The molecule has 0 spiro atoms. The van der Waals surface area contributed by atoms with Crippen molar-refractivity contribution >= 4 is 0 Å². The van der Waals surface area contributed by atoms with Crippen LogP contribution in [0.2, 0.25) is 0 Å². The molecule has 0 aliphatic rings.